The molecule has 0 spiro atoms. The predicted octanol–water partition coefficient (Wildman–Crippen LogP) is 21.4. The molecule has 6 nitrogen and oxygen atoms in total. The summed E-state index contributed by atoms with van der Waals surface area (Å²) in [6.07, 6.45) is 79.3. The average Bonchev–Trinajstić information content (AvgIpc) is 3.40. The number of nitrogens with one attached hydrogen (secondary N) is 1. The number of aliphatic hydroxyl groups is 2. The molecule has 0 aromatic rings. The zero-order valence-corrected chi connectivity index (χ0v) is 50.1. The Kier molecular flexibility index (Phi) is 62.4. The van der Waals surface area contributed by atoms with Gasteiger partial charge < -0.3 is 20.3 Å². The van der Waals surface area contributed by atoms with Crippen LogP contribution in [0.15, 0.2) is 24.3 Å². The van der Waals surface area contributed by atoms with Crippen LogP contribution in [0, 0.1) is 0 Å². The third-order valence-electron chi connectivity index (χ3n) is 15.8. The summed E-state index contributed by atoms with van der Waals surface area (Å²) in [6, 6.07) is -0.542. The van der Waals surface area contributed by atoms with Crippen molar-refractivity contribution in [3.63, 3.8) is 0 Å². The molecule has 0 aromatic carbocycles. The Morgan fingerprint density at radius 3 is 1.03 bits per heavy atom. The molecule has 0 aliphatic carbocycles. The lowest BCUT2D eigenvalue weighted by Gasteiger charge is -2.22. The molecule has 0 fully saturated rings. The fourth-order valence-electron chi connectivity index (χ4n) is 10.6. The van der Waals surface area contributed by atoms with Crippen molar-refractivity contribution in [2.45, 2.75) is 386 Å². The van der Waals surface area contributed by atoms with Gasteiger partial charge in [0, 0.05) is 12.8 Å². The maximum Gasteiger partial charge on any atom is 0.305 e. The van der Waals surface area contributed by atoms with Crippen molar-refractivity contribution < 1.29 is 24.5 Å². The molecule has 0 aliphatic rings. The van der Waals surface area contributed by atoms with Gasteiger partial charge in [-0.1, -0.05) is 327 Å². The summed E-state index contributed by atoms with van der Waals surface area (Å²) in [4.78, 5) is 24.5. The fourth-order valence-corrected chi connectivity index (χ4v) is 10.6. The smallest absolute Gasteiger partial charge is 0.305 e. The van der Waals surface area contributed by atoms with Gasteiger partial charge in [0.25, 0.3) is 0 Å². The molecule has 2 unspecified atom stereocenters. The van der Waals surface area contributed by atoms with E-state index in [1.54, 1.807) is 0 Å². The first-order valence-corrected chi connectivity index (χ1v) is 33.6. The van der Waals surface area contributed by atoms with E-state index in [1.807, 2.05) is 0 Å². The van der Waals surface area contributed by atoms with E-state index in [1.165, 1.54) is 295 Å². The van der Waals surface area contributed by atoms with E-state index in [0.717, 1.165) is 44.9 Å². The number of ether oxygens (including phenoxy) is 1. The van der Waals surface area contributed by atoms with Crippen LogP contribution < -0.4 is 5.32 Å². The lowest BCUT2D eigenvalue weighted by atomic mass is 10.0. The standard InChI is InChI=1S/C68H131NO5/c1-3-5-7-9-11-13-15-17-18-34-37-40-44-48-52-56-60-66(71)65(64-70)69-67(72)61-57-53-49-45-41-38-35-32-30-28-26-24-22-20-19-21-23-25-27-29-31-33-36-39-43-47-51-55-59-63-74-68(73)62-58-54-50-46-42-16-14-12-10-8-6-4-2/h19,21,25,27,65-66,70-71H,3-18,20,22-24,26,28-64H2,1-2H3,(H,69,72)/b21-19-,27-25-. The van der Waals surface area contributed by atoms with Gasteiger partial charge in [0.1, 0.15) is 0 Å². The number of aliphatic hydroxyl groups excluding tert-OH is 2. The summed E-state index contributed by atoms with van der Waals surface area (Å²) in [7, 11) is 0. The number of allylic oxidation sites excluding steroid dienone is 4. The van der Waals surface area contributed by atoms with E-state index in [2.05, 4.69) is 43.5 Å². The summed E-state index contributed by atoms with van der Waals surface area (Å²) in [5.41, 5.74) is 0. The number of amides is 1. The Balaban J connectivity index is 3.40. The van der Waals surface area contributed by atoms with Crippen LogP contribution in [0.1, 0.15) is 373 Å². The highest BCUT2D eigenvalue weighted by molar-refractivity contribution is 5.76. The summed E-state index contributed by atoms with van der Waals surface area (Å²) in [5, 5.41) is 23.3. The van der Waals surface area contributed by atoms with Gasteiger partial charge in [-0.25, -0.2) is 0 Å². The van der Waals surface area contributed by atoms with Gasteiger partial charge >= 0.3 is 5.97 Å². The molecule has 6 heteroatoms. The van der Waals surface area contributed by atoms with Gasteiger partial charge in [-0.05, 0) is 57.8 Å². The second-order valence-corrected chi connectivity index (χ2v) is 23.2. The summed E-state index contributed by atoms with van der Waals surface area (Å²) in [6.45, 7) is 4.98. The van der Waals surface area contributed by atoms with Crippen LogP contribution in [0.3, 0.4) is 0 Å². The minimum Gasteiger partial charge on any atom is -0.466 e. The van der Waals surface area contributed by atoms with Gasteiger partial charge in [-0.2, -0.15) is 0 Å². The molecular formula is C68H131NO5. The molecular weight excluding hydrogens is 911 g/mol. The van der Waals surface area contributed by atoms with Crippen molar-refractivity contribution in [2.75, 3.05) is 13.2 Å². The van der Waals surface area contributed by atoms with Crippen LogP contribution in [0.5, 0.6) is 0 Å². The van der Waals surface area contributed by atoms with Crippen LogP contribution in [0.2, 0.25) is 0 Å². The summed E-state index contributed by atoms with van der Waals surface area (Å²) >= 11 is 0. The van der Waals surface area contributed by atoms with E-state index >= 15 is 0 Å². The number of carbonyl (C=O) groups is 2. The van der Waals surface area contributed by atoms with E-state index in [0.29, 0.717) is 25.9 Å². The maximum atomic E-state index is 12.5. The maximum absolute atomic E-state index is 12.5. The molecule has 0 saturated carbocycles. The molecule has 2 atom stereocenters. The number of unbranched alkanes of at least 4 members (excludes halogenated alkanes) is 48. The Labute approximate surface area is 462 Å². The van der Waals surface area contributed by atoms with Crippen molar-refractivity contribution in [2.24, 2.45) is 0 Å². The second-order valence-electron chi connectivity index (χ2n) is 23.2. The quantitative estimate of drug-likeness (QED) is 0.0320. The highest BCUT2D eigenvalue weighted by atomic mass is 16.5. The molecule has 0 aromatic heterocycles. The van der Waals surface area contributed by atoms with Crippen molar-refractivity contribution in [3.05, 3.63) is 24.3 Å². The number of esters is 1. The Hall–Kier alpha value is -1.66. The summed E-state index contributed by atoms with van der Waals surface area (Å²) < 4.78 is 5.47. The van der Waals surface area contributed by atoms with Crippen LogP contribution >= 0.6 is 0 Å². The van der Waals surface area contributed by atoms with Crippen molar-refractivity contribution >= 4 is 11.9 Å². The molecule has 1 amide bonds. The first kappa shape index (κ1) is 72.3. The van der Waals surface area contributed by atoms with Crippen molar-refractivity contribution in [1.82, 2.24) is 5.32 Å². The zero-order valence-electron chi connectivity index (χ0n) is 50.1. The lowest BCUT2D eigenvalue weighted by molar-refractivity contribution is -0.143. The number of rotatable bonds is 63. The molecule has 438 valence electrons. The Bertz CT molecular complexity index is 1150. The molecule has 3 N–H and O–H groups in total. The van der Waals surface area contributed by atoms with E-state index in [9.17, 15) is 19.8 Å². The highest BCUT2D eigenvalue weighted by Crippen LogP contribution is 2.18. The van der Waals surface area contributed by atoms with Crippen molar-refractivity contribution in [1.29, 1.82) is 0 Å². The summed E-state index contributed by atoms with van der Waals surface area (Å²) in [5.74, 6) is -0.0199. The number of hydrogen-bond donors (Lipinski definition) is 3. The molecule has 0 saturated heterocycles. The Morgan fingerprint density at radius 2 is 0.676 bits per heavy atom. The van der Waals surface area contributed by atoms with Crippen LogP contribution in [0.25, 0.3) is 0 Å². The molecule has 0 aliphatic heterocycles. The van der Waals surface area contributed by atoms with Gasteiger partial charge in [0.05, 0.1) is 25.4 Å². The van der Waals surface area contributed by atoms with Gasteiger partial charge in [0.15, 0.2) is 0 Å². The topological polar surface area (TPSA) is 95.9 Å². The molecule has 0 radical (unpaired) electrons. The lowest BCUT2D eigenvalue weighted by Crippen LogP contribution is -2.45. The van der Waals surface area contributed by atoms with Gasteiger partial charge in [-0.3, -0.25) is 9.59 Å². The second kappa shape index (κ2) is 63.9. The van der Waals surface area contributed by atoms with Crippen molar-refractivity contribution in [3.8, 4) is 0 Å². The largest absolute Gasteiger partial charge is 0.466 e. The van der Waals surface area contributed by atoms with Crippen LogP contribution in [-0.4, -0.2) is 47.4 Å². The molecule has 0 rings (SSSR count). The minimum atomic E-state index is -0.665. The molecule has 74 heavy (non-hydrogen) atoms. The first-order valence-electron chi connectivity index (χ1n) is 33.6. The van der Waals surface area contributed by atoms with Crippen LogP contribution in [0.4, 0.5) is 0 Å². The third kappa shape index (κ3) is 59.6. The molecule has 0 heterocycles. The third-order valence-corrected chi connectivity index (χ3v) is 15.8. The van der Waals surface area contributed by atoms with E-state index < -0.39 is 12.1 Å². The number of carbonyl (C=O) groups excluding carboxylic acids is 2. The average molecular weight is 1040 g/mol. The van der Waals surface area contributed by atoms with E-state index in [4.69, 9.17) is 4.74 Å². The monoisotopic (exact) mass is 1040 g/mol. The molecule has 0 bridgehead atoms. The number of hydrogen-bond acceptors (Lipinski definition) is 5. The first-order chi connectivity index (χ1) is 36.5. The van der Waals surface area contributed by atoms with E-state index in [-0.39, 0.29) is 18.5 Å². The normalized spacial score (nSPS) is 12.6. The SMILES string of the molecule is CCCCCCCCCCCCCCCCCCC(O)C(CO)NC(=O)CCCCCCCCCCCCCCC/C=C\C/C=C\CCCCCCCCCCCOC(=O)CCCCCCCCCCCCCC. The fraction of sp³-hybridized carbons (Fsp3) is 0.912. The van der Waals surface area contributed by atoms with Gasteiger partial charge in [0.2, 0.25) is 5.91 Å². The Morgan fingerprint density at radius 1 is 0.378 bits per heavy atom. The zero-order chi connectivity index (χ0) is 53.6. The predicted molar refractivity (Wildman–Crippen MR) is 324 cm³/mol. The highest BCUT2D eigenvalue weighted by Gasteiger charge is 2.20. The van der Waals surface area contributed by atoms with Gasteiger partial charge in [-0.15, -0.1) is 0 Å². The van der Waals surface area contributed by atoms with Crippen LogP contribution in [-0.2, 0) is 14.3 Å². The minimum absolute atomic E-state index is 0.0132.